The third kappa shape index (κ3) is 2.26. The molecule has 2 aliphatic carbocycles. The van der Waals surface area contributed by atoms with E-state index in [0.717, 1.165) is 32.4 Å². The summed E-state index contributed by atoms with van der Waals surface area (Å²) in [5.74, 6) is 2.53. The number of piperidine rings is 1. The molecule has 1 aromatic carbocycles. The molecule has 4 heteroatoms. The van der Waals surface area contributed by atoms with E-state index < -0.39 is 5.60 Å². The van der Waals surface area contributed by atoms with Crippen LogP contribution in [-0.2, 0) is 4.79 Å². The molecule has 1 amide bonds. The lowest BCUT2D eigenvalue weighted by molar-refractivity contribution is -0.136. The second-order valence-corrected chi connectivity index (χ2v) is 8.55. The van der Waals surface area contributed by atoms with Gasteiger partial charge in [0.25, 0.3) is 0 Å². The third-order valence-electron chi connectivity index (χ3n) is 6.89. The topological polar surface area (TPSA) is 46.6 Å². The highest BCUT2D eigenvalue weighted by molar-refractivity contribution is 6.00. The quantitative estimate of drug-likeness (QED) is 0.789. The summed E-state index contributed by atoms with van der Waals surface area (Å²) in [7, 11) is 0. The van der Waals surface area contributed by atoms with Gasteiger partial charge in [-0.2, -0.15) is 0 Å². The second kappa shape index (κ2) is 5.33. The van der Waals surface area contributed by atoms with Crippen LogP contribution in [0.2, 0.25) is 0 Å². The number of hydrogen-bond donors (Lipinski definition) is 0. The van der Waals surface area contributed by atoms with E-state index >= 15 is 0 Å². The molecule has 25 heavy (non-hydrogen) atoms. The maximum atomic E-state index is 13.1. The summed E-state index contributed by atoms with van der Waals surface area (Å²) in [6.45, 7) is 4.02. The zero-order valence-corrected chi connectivity index (χ0v) is 14.7. The normalized spacial score (nSPS) is 38.9. The van der Waals surface area contributed by atoms with Crippen LogP contribution in [0, 0.1) is 23.7 Å². The number of rotatable bonds is 1. The molecule has 0 bridgehead atoms. The predicted octanol–water partition coefficient (Wildman–Crippen LogP) is 3.31. The van der Waals surface area contributed by atoms with E-state index in [9.17, 15) is 9.59 Å². The molecular formula is C21H25NO3. The van der Waals surface area contributed by atoms with Gasteiger partial charge in [0.05, 0.1) is 12.0 Å². The van der Waals surface area contributed by atoms with Gasteiger partial charge >= 0.3 is 0 Å². The Morgan fingerprint density at radius 3 is 2.96 bits per heavy atom. The highest BCUT2D eigenvalue weighted by atomic mass is 16.5. The fourth-order valence-electron chi connectivity index (χ4n) is 5.70. The molecule has 5 rings (SSSR count). The van der Waals surface area contributed by atoms with Crippen molar-refractivity contribution in [2.75, 3.05) is 13.1 Å². The molecule has 0 aromatic heterocycles. The zero-order valence-electron chi connectivity index (χ0n) is 14.7. The minimum atomic E-state index is -0.433. The number of Topliss-reactive ketones (excluding diaryl/α,β-unsaturated/α-hetero) is 1. The van der Waals surface area contributed by atoms with Crippen LogP contribution in [0.1, 0.15) is 49.4 Å². The molecule has 1 aromatic rings. The van der Waals surface area contributed by atoms with E-state index in [2.05, 4.69) is 11.8 Å². The number of ether oxygens (including phenoxy) is 1. The van der Waals surface area contributed by atoms with E-state index in [1.165, 1.54) is 6.42 Å². The molecule has 3 fully saturated rings. The number of carbonyl (C=O) groups is 2. The number of amides is 1. The van der Waals surface area contributed by atoms with E-state index in [4.69, 9.17) is 4.74 Å². The van der Waals surface area contributed by atoms with E-state index in [-0.39, 0.29) is 17.6 Å². The highest BCUT2D eigenvalue weighted by Gasteiger charge is 2.71. The lowest BCUT2D eigenvalue weighted by Gasteiger charge is -2.38. The van der Waals surface area contributed by atoms with Crippen LogP contribution in [0.4, 0.5) is 0 Å². The number of nitrogens with zero attached hydrogens (tertiary/aromatic N) is 1. The van der Waals surface area contributed by atoms with Crippen LogP contribution in [0.5, 0.6) is 5.75 Å². The van der Waals surface area contributed by atoms with Crippen LogP contribution >= 0.6 is 0 Å². The Balaban J connectivity index is 1.38. The van der Waals surface area contributed by atoms with Crippen molar-refractivity contribution in [1.29, 1.82) is 0 Å². The molecule has 4 aliphatic rings. The molecule has 0 unspecified atom stereocenters. The largest absolute Gasteiger partial charge is 0.486 e. The molecule has 132 valence electrons. The van der Waals surface area contributed by atoms with Gasteiger partial charge in [0.2, 0.25) is 5.91 Å². The molecule has 0 N–H and O–H groups in total. The highest BCUT2D eigenvalue weighted by Crippen LogP contribution is 2.66. The molecule has 4 nitrogen and oxygen atoms in total. The fraction of sp³-hybridized carbons (Fsp3) is 0.619. The minimum absolute atomic E-state index is 0.0807. The van der Waals surface area contributed by atoms with Crippen molar-refractivity contribution in [1.82, 2.24) is 4.90 Å². The van der Waals surface area contributed by atoms with Crippen molar-refractivity contribution in [3.8, 4) is 5.75 Å². The fourth-order valence-corrected chi connectivity index (χ4v) is 5.70. The van der Waals surface area contributed by atoms with Gasteiger partial charge in [-0.05, 0) is 49.7 Å². The van der Waals surface area contributed by atoms with Crippen LogP contribution in [0.15, 0.2) is 24.3 Å². The second-order valence-electron chi connectivity index (χ2n) is 8.55. The SMILES string of the molecule is C[C@H]1CCCN(C(=O)[C@@H]2[C@H]3CC[C@@]4(CC(=O)c5ccccc5O4)[C@@H]32)C1. The number of fused-ring (bicyclic) bond motifs is 3. The van der Waals surface area contributed by atoms with Gasteiger partial charge in [-0.15, -0.1) is 0 Å². The average Bonchev–Trinajstić information content (AvgIpc) is 3.25. The van der Waals surface area contributed by atoms with Gasteiger partial charge < -0.3 is 9.64 Å². The predicted molar refractivity (Wildman–Crippen MR) is 93.4 cm³/mol. The van der Waals surface area contributed by atoms with Gasteiger partial charge in [-0.25, -0.2) is 0 Å². The first-order valence-electron chi connectivity index (χ1n) is 9.69. The van der Waals surface area contributed by atoms with Gasteiger partial charge in [-0.1, -0.05) is 19.1 Å². The first kappa shape index (κ1) is 15.4. The number of benzene rings is 1. The number of para-hydroxylation sites is 1. The van der Waals surface area contributed by atoms with Gasteiger partial charge in [0.1, 0.15) is 11.4 Å². The van der Waals surface area contributed by atoms with Crippen molar-refractivity contribution in [3.63, 3.8) is 0 Å². The van der Waals surface area contributed by atoms with Crippen LogP contribution < -0.4 is 4.74 Å². The molecule has 1 spiro atoms. The van der Waals surface area contributed by atoms with Crippen LogP contribution in [-0.4, -0.2) is 35.3 Å². The summed E-state index contributed by atoms with van der Waals surface area (Å²) >= 11 is 0. The molecule has 1 saturated heterocycles. The summed E-state index contributed by atoms with van der Waals surface area (Å²) in [4.78, 5) is 27.8. The number of carbonyl (C=O) groups excluding carboxylic acids is 2. The summed E-state index contributed by atoms with van der Waals surface area (Å²) in [5.41, 5.74) is 0.266. The van der Waals surface area contributed by atoms with Crippen molar-refractivity contribution in [2.24, 2.45) is 23.7 Å². The summed E-state index contributed by atoms with van der Waals surface area (Å²) < 4.78 is 6.40. The molecule has 2 saturated carbocycles. The Morgan fingerprint density at radius 2 is 2.12 bits per heavy atom. The Bertz CT molecular complexity index is 744. The van der Waals surface area contributed by atoms with Crippen molar-refractivity contribution < 1.29 is 14.3 Å². The Kier molecular flexibility index (Phi) is 3.28. The zero-order chi connectivity index (χ0) is 17.2. The standard InChI is InChI=1S/C21H25NO3/c1-13-5-4-10-22(12-13)20(24)18-15-8-9-21(19(15)18)11-16(23)14-6-2-3-7-17(14)25-21/h2-3,6-7,13,15,18-19H,4-5,8-12H2,1H3/t13-,15+,18+,19-,21+/m0/s1. The van der Waals surface area contributed by atoms with Gasteiger partial charge in [0.15, 0.2) is 5.78 Å². The maximum Gasteiger partial charge on any atom is 0.226 e. The number of likely N-dealkylation sites (tertiary alicyclic amines) is 1. The Labute approximate surface area is 148 Å². The Morgan fingerprint density at radius 1 is 1.28 bits per heavy atom. The lowest BCUT2D eigenvalue weighted by atomic mass is 9.84. The summed E-state index contributed by atoms with van der Waals surface area (Å²) in [6, 6.07) is 7.55. The maximum absolute atomic E-state index is 13.1. The average molecular weight is 339 g/mol. The number of ketones is 1. The molecule has 0 radical (unpaired) electrons. The van der Waals surface area contributed by atoms with E-state index in [1.807, 2.05) is 24.3 Å². The minimum Gasteiger partial charge on any atom is -0.486 e. The van der Waals surface area contributed by atoms with Crippen molar-refractivity contribution in [3.05, 3.63) is 29.8 Å². The van der Waals surface area contributed by atoms with Crippen LogP contribution in [0.25, 0.3) is 0 Å². The lowest BCUT2D eigenvalue weighted by Crippen LogP contribution is -2.46. The first-order chi connectivity index (χ1) is 12.1. The van der Waals surface area contributed by atoms with Crippen molar-refractivity contribution in [2.45, 2.75) is 44.6 Å². The van der Waals surface area contributed by atoms with Gasteiger partial charge in [-0.3, -0.25) is 9.59 Å². The molecule has 2 heterocycles. The van der Waals surface area contributed by atoms with Crippen molar-refractivity contribution >= 4 is 11.7 Å². The monoisotopic (exact) mass is 339 g/mol. The van der Waals surface area contributed by atoms with E-state index in [1.54, 1.807) is 0 Å². The summed E-state index contributed by atoms with van der Waals surface area (Å²) in [5, 5.41) is 0. The third-order valence-corrected chi connectivity index (χ3v) is 6.89. The first-order valence-corrected chi connectivity index (χ1v) is 9.69. The Hall–Kier alpha value is -1.84. The molecule has 2 aliphatic heterocycles. The van der Waals surface area contributed by atoms with Crippen LogP contribution in [0.3, 0.4) is 0 Å². The number of hydrogen-bond acceptors (Lipinski definition) is 3. The van der Waals surface area contributed by atoms with E-state index in [0.29, 0.717) is 35.5 Å². The molecule has 5 atom stereocenters. The van der Waals surface area contributed by atoms with Gasteiger partial charge in [0, 0.05) is 24.9 Å². The molecular weight excluding hydrogens is 314 g/mol. The smallest absolute Gasteiger partial charge is 0.226 e. The summed E-state index contributed by atoms with van der Waals surface area (Å²) in [6.07, 6.45) is 4.69.